The zero-order valence-electron chi connectivity index (χ0n) is 15.7. The van der Waals surface area contributed by atoms with Crippen LogP contribution in [0.15, 0.2) is 34.0 Å². The van der Waals surface area contributed by atoms with E-state index in [4.69, 9.17) is 4.84 Å². The lowest BCUT2D eigenvalue weighted by molar-refractivity contribution is 0.0693. The number of alkyl halides is 1. The summed E-state index contributed by atoms with van der Waals surface area (Å²) in [4.78, 5) is 5.31. The average molecular weight is 427 g/mol. The highest BCUT2D eigenvalue weighted by atomic mass is 32.2. The summed E-state index contributed by atoms with van der Waals surface area (Å²) >= 11 is 0. The molecular formula is C18H20F3N5O2S. The third-order valence-corrected chi connectivity index (χ3v) is 7.74. The van der Waals surface area contributed by atoms with Gasteiger partial charge in [0.1, 0.15) is 17.3 Å². The molecule has 2 aromatic rings. The molecule has 0 radical (unpaired) electrons. The van der Waals surface area contributed by atoms with E-state index in [-0.39, 0.29) is 36.0 Å². The van der Waals surface area contributed by atoms with Gasteiger partial charge in [-0.2, -0.15) is 0 Å². The molecule has 0 amide bonds. The molecular weight excluding hydrogens is 407 g/mol. The van der Waals surface area contributed by atoms with Crippen molar-refractivity contribution in [3.05, 3.63) is 47.3 Å². The highest BCUT2D eigenvalue weighted by Crippen LogP contribution is 2.41. The van der Waals surface area contributed by atoms with Crippen molar-refractivity contribution in [1.29, 1.82) is 0 Å². The van der Waals surface area contributed by atoms with Crippen molar-refractivity contribution >= 4 is 15.4 Å². The first-order chi connectivity index (χ1) is 13.8. The fourth-order valence-corrected chi connectivity index (χ4v) is 5.56. The van der Waals surface area contributed by atoms with Gasteiger partial charge in [-0.25, -0.2) is 26.4 Å². The monoisotopic (exact) mass is 427 g/mol. The average Bonchev–Trinajstić information content (AvgIpc) is 3.36. The molecule has 1 atom stereocenters. The molecule has 156 valence electrons. The van der Waals surface area contributed by atoms with Crippen LogP contribution >= 0.6 is 0 Å². The summed E-state index contributed by atoms with van der Waals surface area (Å²) in [5, 5.41) is 11.5. The fourth-order valence-electron chi connectivity index (χ4n) is 3.71. The summed E-state index contributed by atoms with van der Waals surface area (Å²) < 4.78 is 62.6. The molecule has 1 aromatic carbocycles. The van der Waals surface area contributed by atoms with Crippen LogP contribution < -0.4 is 0 Å². The van der Waals surface area contributed by atoms with E-state index < -0.39 is 32.6 Å². The molecule has 7 nitrogen and oxygen atoms in total. The quantitative estimate of drug-likeness (QED) is 0.751. The topological polar surface area (TPSA) is 81.7 Å². The maximum absolute atomic E-state index is 15.4. The Bertz CT molecular complexity index is 1030. The molecule has 1 aromatic heterocycles. The van der Waals surface area contributed by atoms with Gasteiger partial charge in [-0.05, 0) is 25.0 Å². The highest BCUT2D eigenvalue weighted by Gasteiger charge is 2.42. The summed E-state index contributed by atoms with van der Waals surface area (Å²) in [6.45, 7) is 0.394. The van der Waals surface area contributed by atoms with Gasteiger partial charge in [-0.1, -0.05) is 10.4 Å². The van der Waals surface area contributed by atoms with Gasteiger partial charge in [0.15, 0.2) is 6.10 Å². The first-order valence-electron chi connectivity index (χ1n) is 9.18. The van der Waals surface area contributed by atoms with Crippen LogP contribution in [0, 0.1) is 11.6 Å². The number of nitrogens with zero attached hydrogens (tertiary/aromatic N) is 5. The molecule has 0 unspecified atom stereocenters. The van der Waals surface area contributed by atoms with Gasteiger partial charge >= 0.3 is 0 Å². The maximum Gasteiger partial charge on any atom is 0.152 e. The number of aromatic nitrogens is 3. The highest BCUT2D eigenvalue weighted by molar-refractivity contribution is 7.93. The van der Waals surface area contributed by atoms with Crippen LogP contribution in [-0.2, 0) is 26.8 Å². The Balaban J connectivity index is 1.53. The largest absolute Gasteiger partial charge is 0.390 e. The molecule has 2 aliphatic rings. The van der Waals surface area contributed by atoms with Crippen molar-refractivity contribution in [2.24, 2.45) is 9.52 Å². The van der Waals surface area contributed by atoms with E-state index in [9.17, 15) is 13.0 Å². The SMILES string of the molecule is CN=S1(=O)CCC(F)(c2c(F)cc(C3=NO[C@@H](Cn4ccnn4)C3)cc2F)CC1. The van der Waals surface area contributed by atoms with Gasteiger partial charge in [0.2, 0.25) is 0 Å². The molecule has 3 heterocycles. The third kappa shape index (κ3) is 3.87. The maximum atomic E-state index is 15.4. The van der Waals surface area contributed by atoms with E-state index in [1.807, 2.05) is 0 Å². The van der Waals surface area contributed by atoms with E-state index in [2.05, 4.69) is 19.8 Å². The summed E-state index contributed by atoms with van der Waals surface area (Å²) in [6.07, 6.45) is 2.73. The zero-order chi connectivity index (χ0) is 20.6. The Labute approximate surface area is 166 Å². The van der Waals surface area contributed by atoms with Gasteiger partial charge in [0, 0.05) is 46.5 Å². The predicted molar refractivity (Wildman–Crippen MR) is 101 cm³/mol. The second-order valence-electron chi connectivity index (χ2n) is 7.24. The number of benzene rings is 1. The van der Waals surface area contributed by atoms with Gasteiger partial charge in [-0.15, -0.1) is 5.10 Å². The van der Waals surface area contributed by atoms with Crippen LogP contribution in [0.5, 0.6) is 0 Å². The molecule has 1 fully saturated rings. The first-order valence-corrected chi connectivity index (χ1v) is 11.0. The second kappa shape index (κ2) is 7.43. The number of hydrogen-bond donors (Lipinski definition) is 0. The van der Waals surface area contributed by atoms with Crippen molar-refractivity contribution in [2.45, 2.75) is 37.6 Å². The van der Waals surface area contributed by atoms with Crippen LogP contribution in [0.4, 0.5) is 13.2 Å². The lowest BCUT2D eigenvalue weighted by atomic mass is 9.87. The first kappa shape index (κ1) is 19.9. The minimum Gasteiger partial charge on any atom is -0.390 e. The summed E-state index contributed by atoms with van der Waals surface area (Å²) in [7, 11) is -1.07. The lowest BCUT2D eigenvalue weighted by Crippen LogP contribution is -2.35. The number of rotatable bonds is 4. The molecule has 0 aliphatic carbocycles. The van der Waals surface area contributed by atoms with Crippen molar-refractivity contribution in [1.82, 2.24) is 15.0 Å². The Hall–Kier alpha value is -2.43. The Morgan fingerprint density at radius 3 is 2.59 bits per heavy atom. The smallest absolute Gasteiger partial charge is 0.152 e. The summed E-state index contributed by atoms with van der Waals surface area (Å²) in [5.74, 6) is -2.01. The number of hydrogen-bond acceptors (Lipinski definition) is 6. The second-order valence-corrected chi connectivity index (χ2v) is 9.96. The minimum absolute atomic E-state index is 0.0227. The number of oxime groups is 1. The van der Waals surface area contributed by atoms with E-state index >= 15 is 4.39 Å². The zero-order valence-corrected chi connectivity index (χ0v) is 16.5. The number of halogens is 3. The van der Waals surface area contributed by atoms with Crippen LogP contribution in [0.3, 0.4) is 0 Å². The lowest BCUT2D eigenvalue weighted by Gasteiger charge is -2.32. The Morgan fingerprint density at radius 2 is 2.00 bits per heavy atom. The molecule has 0 spiro atoms. The van der Waals surface area contributed by atoms with Crippen LogP contribution in [0.1, 0.15) is 30.4 Å². The Morgan fingerprint density at radius 1 is 1.31 bits per heavy atom. The minimum atomic E-state index is -2.49. The molecule has 11 heteroatoms. The predicted octanol–water partition coefficient (Wildman–Crippen LogP) is 2.81. The summed E-state index contributed by atoms with van der Waals surface area (Å²) in [5.41, 5.74) is -2.24. The van der Waals surface area contributed by atoms with E-state index in [0.717, 1.165) is 12.1 Å². The van der Waals surface area contributed by atoms with Crippen LogP contribution in [0.25, 0.3) is 0 Å². The van der Waals surface area contributed by atoms with Crippen molar-refractivity contribution in [2.75, 3.05) is 18.6 Å². The van der Waals surface area contributed by atoms with Crippen molar-refractivity contribution in [3.8, 4) is 0 Å². The molecule has 0 saturated carbocycles. The van der Waals surface area contributed by atoms with Crippen molar-refractivity contribution < 1.29 is 22.2 Å². The van der Waals surface area contributed by atoms with E-state index in [1.165, 1.54) is 13.2 Å². The van der Waals surface area contributed by atoms with Gasteiger partial charge in [-0.3, -0.25) is 0 Å². The fraction of sp³-hybridized carbons (Fsp3) is 0.500. The molecule has 1 saturated heterocycles. The van der Waals surface area contributed by atoms with Gasteiger partial charge < -0.3 is 4.84 Å². The van der Waals surface area contributed by atoms with Gasteiger partial charge in [0.05, 0.1) is 24.0 Å². The normalized spacial score (nSPS) is 29.4. The van der Waals surface area contributed by atoms with Crippen LogP contribution in [0.2, 0.25) is 0 Å². The van der Waals surface area contributed by atoms with Crippen LogP contribution in [-0.4, -0.2) is 49.6 Å². The Kier molecular flexibility index (Phi) is 5.09. The molecule has 0 N–H and O–H groups in total. The molecule has 29 heavy (non-hydrogen) atoms. The van der Waals surface area contributed by atoms with Gasteiger partial charge in [0.25, 0.3) is 0 Å². The van der Waals surface area contributed by atoms with E-state index in [0.29, 0.717) is 18.7 Å². The molecule has 2 aliphatic heterocycles. The standard InChI is InChI=1S/C18H20F3N5O2S/c1-22-29(27)6-2-18(21,3-7-29)17-14(19)8-12(9-15(17)20)16-10-13(28-24-16)11-26-5-4-23-25-26/h4-5,8-9,13H,2-3,6-7,10-11H2,1H3/t13-,18?,29?/m1/s1. The summed E-state index contributed by atoms with van der Waals surface area (Å²) in [6, 6.07) is 2.16. The third-order valence-electron chi connectivity index (χ3n) is 5.39. The molecule has 4 rings (SSSR count). The molecule has 0 bridgehead atoms. The van der Waals surface area contributed by atoms with E-state index in [1.54, 1.807) is 10.9 Å². The van der Waals surface area contributed by atoms with Crippen molar-refractivity contribution in [3.63, 3.8) is 0 Å².